The molecule has 18 heavy (non-hydrogen) atoms. The highest BCUT2D eigenvalue weighted by Gasteiger charge is 2.25. The second-order valence-corrected chi connectivity index (χ2v) is 6.43. The van der Waals surface area contributed by atoms with Gasteiger partial charge in [0.1, 0.15) is 0 Å². The number of carbonyl (C=O) groups excluding carboxylic acids is 1. The van der Waals surface area contributed by atoms with Gasteiger partial charge in [-0.3, -0.25) is 4.79 Å². The predicted molar refractivity (Wildman–Crippen MR) is 72.1 cm³/mol. The van der Waals surface area contributed by atoms with Crippen LogP contribution in [0.15, 0.2) is 6.07 Å². The third kappa shape index (κ3) is 2.31. The molecule has 0 radical (unpaired) electrons. The summed E-state index contributed by atoms with van der Waals surface area (Å²) in [7, 11) is 0. The molecule has 0 unspecified atom stereocenters. The van der Waals surface area contributed by atoms with Crippen LogP contribution in [0.1, 0.15) is 45.8 Å². The van der Waals surface area contributed by atoms with E-state index in [9.17, 15) is 9.90 Å². The molecule has 1 fully saturated rings. The Morgan fingerprint density at radius 1 is 1.28 bits per heavy atom. The lowest BCUT2D eigenvalue weighted by molar-refractivity contribution is 0.0550. The van der Waals surface area contributed by atoms with Gasteiger partial charge in [0, 0.05) is 18.0 Å². The third-order valence-corrected chi connectivity index (χ3v) is 5.18. The number of piperidine rings is 1. The maximum absolute atomic E-state index is 12.4. The molecule has 1 aliphatic carbocycles. The minimum absolute atomic E-state index is 0.168. The number of amides is 1. The summed E-state index contributed by atoms with van der Waals surface area (Å²) in [6.07, 6.45) is 6.02. The SMILES string of the molecule is O=C(c1cc2c(s1)CCCC2)N1CCC(O)CC1. The van der Waals surface area contributed by atoms with Crippen molar-refractivity contribution in [1.29, 1.82) is 0 Å². The first-order chi connectivity index (χ1) is 8.74. The van der Waals surface area contributed by atoms with E-state index in [1.165, 1.54) is 23.3 Å². The van der Waals surface area contributed by atoms with Crippen LogP contribution in [0.4, 0.5) is 0 Å². The molecule has 1 aromatic rings. The highest BCUT2D eigenvalue weighted by atomic mass is 32.1. The predicted octanol–water partition coefficient (Wildman–Crippen LogP) is 2.22. The average Bonchev–Trinajstić information content (AvgIpc) is 2.82. The van der Waals surface area contributed by atoms with E-state index in [0.29, 0.717) is 13.1 Å². The van der Waals surface area contributed by atoms with Crippen LogP contribution in [0.5, 0.6) is 0 Å². The van der Waals surface area contributed by atoms with Crippen molar-refractivity contribution in [2.24, 2.45) is 0 Å². The van der Waals surface area contributed by atoms with Gasteiger partial charge >= 0.3 is 0 Å². The first-order valence-electron chi connectivity index (χ1n) is 6.83. The molecule has 98 valence electrons. The van der Waals surface area contributed by atoms with Crippen LogP contribution in [0, 0.1) is 0 Å². The number of thiophene rings is 1. The van der Waals surface area contributed by atoms with Crippen LogP contribution in [0.25, 0.3) is 0 Å². The van der Waals surface area contributed by atoms with E-state index in [4.69, 9.17) is 0 Å². The van der Waals surface area contributed by atoms with Crippen molar-refractivity contribution in [2.75, 3.05) is 13.1 Å². The summed E-state index contributed by atoms with van der Waals surface area (Å²) in [5.74, 6) is 0.168. The molecule has 2 aliphatic rings. The van der Waals surface area contributed by atoms with Gasteiger partial charge in [0.2, 0.25) is 0 Å². The third-order valence-electron chi connectivity index (χ3n) is 3.96. The van der Waals surface area contributed by atoms with Crippen molar-refractivity contribution in [3.8, 4) is 0 Å². The maximum atomic E-state index is 12.4. The second kappa shape index (κ2) is 5.02. The summed E-state index contributed by atoms with van der Waals surface area (Å²) in [5.41, 5.74) is 1.40. The molecule has 4 heteroatoms. The van der Waals surface area contributed by atoms with Gasteiger partial charge in [-0.15, -0.1) is 11.3 Å². The van der Waals surface area contributed by atoms with Gasteiger partial charge in [-0.05, 0) is 50.2 Å². The lowest BCUT2D eigenvalue weighted by atomic mass is 9.99. The number of hydrogen-bond acceptors (Lipinski definition) is 3. The first-order valence-corrected chi connectivity index (χ1v) is 7.64. The van der Waals surface area contributed by atoms with Crippen LogP contribution >= 0.6 is 11.3 Å². The zero-order valence-electron chi connectivity index (χ0n) is 10.5. The Balaban J connectivity index is 1.74. The molecule has 2 heterocycles. The smallest absolute Gasteiger partial charge is 0.263 e. The minimum atomic E-state index is -0.217. The number of fused-ring (bicyclic) bond motifs is 1. The number of nitrogens with zero attached hydrogens (tertiary/aromatic N) is 1. The summed E-state index contributed by atoms with van der Waals surface area (Å²) in [4.78, 5) is 16.6. The summed E-state index contributed by atoms with van der Waals surface area (Å²) in [6, 6.07) is 2.10. The van der Waals surface area contributed by atoms with Crippen molar-refractivity contribution in [1.82, 2.24) is 4.90 Å². The van der Waals surface area contributed by atoms with Crippen molar-refractivity contribution >= 4 is 17.2 Å². The average molecular weight is 265 g/mol. The number of rotatable bonds is 1. The van der Waals surface area contributed by atoms with E-state index in [0.717, 1.165) is 30.6 Å². The number of hydrogen-bond donors (Lipinski definition) is 1. The normalized spacial score (nSPS) is 20.8. The van der Waals surface area contributed by atoms with E-state index in [2.05, 4.69) is 6.07 Å². The molecule has 1 aromatic heterocycles. The molecule has 1 amide bonds. The summed E-state index contributed by atoms with van der Waals surface area (Å²) >= 11 is 1.68. The van der Waals surface area contributed by atoms with E-state index in [1.807, 2.05) is 4.90 Å². The zero-order chi connectivity index (χ0) is 12.5. The largest absolute Gasteiger partial charge is 0.393 e. The Labute approximate surface area is 111 Å². The molecule has 1 aliphatic heterocycles. The molecule has 3 rings (SSSR count). The summed E-state index contributed by atoms with van der Waals surface area (Å²) in [6.45, 7) is 1.39. The Hall–Kier alpha value is -0.870. The van der Waals surface area contributed by atoms with Crippen LogP contribution in [-0.4, -0.2) is 35.1 Å². The van der Waals surface area contributed by atoms with Crippen LogP contribution in [-0.2, 0) is 12.8 Å². The number of aliphatic hydroxyl groups is 1. The lowest BCUT2D eigenvalue weighted by Crippen LogP contribution is -2.39. The summed E-state index contributed by atoms with van der Waals surface area (Å²) in [5, 5.41) is 9.48. The minimum Gasteiger partial charge on any atom is -0.393 e. The number of carbonyl (C=O) groups is 1. The first kappa shape index (κ1) is 12.2. The molecule has 0 bridgehead atoms. The number of aliphatic hydroxyl groups excluding tert-OH is 1. The van der Waals surface area contributed by atoms with Crippen molar-refractivity contribution in [3.05, 3.63) is 21.4 Å². The van der Waals surface area contributed by atoms with E-state index in [-0.39, 0.29) is 12.0 Å². The zero-order valence-corrected chi connectivity index (χ0v) is 11.3. The summed E-state index contributed by atoms with van der Waals surface area (Å²) < 4.78 is 0. The topological polar surface area (TPSA) is 40.5 Å². The standard InChI is InChI=1S/C14H19NO2S/c16-11-5-7-15(8-6-11)14(17)13-9-10-3-1-2-4-12(10)18-13/h9,11,16H,1-8H2. The van der Waals surface area contributed by atoms with Gasteiger partial charge in [0.15, 0.2) is 0 Å². The van der Waals surface area contributed by atoms with Gasteiger partial charge in [-0.25, -0.2) is 0 Å². The molecule has 0 atom stereocenters. The van der Waals surface area contributed by atoms with Crippen molar-refractivity contribution in [3.63, 3.8) is 0 Å². The van der Waals surface area contributed by atoms with E-state index < -0.39 is 0 Å². The number of likely N-dealkylation sites (tertiary alicyclic amines) is 1. The van der Waals surface area contributed by atoms with Crippen LogP contribution < -0.4 is 0 Å². The van der Waals surface area contributed by atoms with Crippen LogP contribution in [0.3, 0.4) is 0 Å². The Morgan fingerprint density at radius 2 is 2.00 bits per heavy atom. The maximum Gasteiger partial charge on any atom is 0.263 e. The van der Waals surface area contributed by atoms with E-state index in [1.54, 1.807) is 11.3 Å². The second-order valence-electron chi connectivity index (χ2n) is 5.29. The van der Waals surface area contributed by atoms with Gasteiger partial charge in [-0.1, -0.05) is 0 Å². The molecule has 0 saturated carbocycles. The molecular formula is C14H19NO2S. The highest BCUT2D eigenvalue weighted by Crippen LogP contribution is 2.30. The van der Waals surface area contributed by atoms with Gasteiger partial charge in [-0.2, -0.15) is 0 Å². The van der Waals surface area contributed by atoms with Crippen molar-refractivity contribution in [2.45, 2.75) is 44.6 Å². The molecule has 3 nitrogen and oxygen atoms in total. The fourth-order valence-electron chi connectivity index (χ4n) is 2.82. The van der Waals surface area contributed by atoms with Gasteiger partial charge in [0.25, 0.3) is 5.91 Å². The Kier molecular flexibility index (Phi) is 3.39. The molecule has 1 saturated heterocycles. The Bertz CT molecular complexity index is 423. The van der Waals surface area contributed by atoms with Gasteiger partial charge in [0.05, 0.1) is 11.0 Å². The molecule has 0 aromatic carbocycles. The van der Waals surface area contributed by atoms with Crippen molar-refractivity contribution < 1.29 is 9.90 Å². The lowest BCUT2D eigenvalue weighted by Gasteiger charge is -2.29. The number of aryl methyl sites for hydroxylation is 2. The molecule has 0 spiro atoms. The fourth-order valence-corrected chi connectivity index (χ4v) is 4.04. The fraction of sp³-hybridized carbons (Fsp3) is 0.643. The van der Waals surface area contributed by atoms with Gasteiger partial charge < -0.3 is 10.0 Å². The van der Waals surface area contributed by atoms with Crippen LogP contribution in [0.2, 0.25) is 0 Å². The molecular weight excluding hydrogens is 246 g/mol. The van der Waals surface area contributed by atoms with E-state index >= 15 is 0 Å². The Morgan fingerprint density at radius 3 is 2.72 bits per heavy atom. The highest BCUT2D eigenvalue weighted by molar-refractivity contribution is 7.14. The molecule has 1 N–H and O–H groups in total. The quantitative estimate of drug-likeness (QED) is 0.846. The monoisotopic (exact) mass is 265 g/mol.